The Morgan fingerprint density at radius 1 is 1.20 bits per heavy atom. The highest BCUT2D eigenvalue weighted by Crippen LogP contribution is 2.32. The molecule has 106 valence electrons. The molecule has 20 heavy (non-hydrogen) atoms. The Kier molecular flexibility index (Phi) is 4.90. The molecule has 0 fully saturated rings. The molecule has 2 aromatic rings. The number of nitrogens with two attached hydrogens (primary N) is 1. The summed E-state index contributed by atoms with van der Waals surface area (Å²) in [4.78, 5) is 3.90. The van der Waals surface area contributed by atoms with Crippen LogP contribution in [0.5, 0.6) is 17.4 Å². The van der Waals surface area contributed by atoms with Gasteiger partial charge in [-0.3, -0.25) is 0 Å². The molecule has 0 radical (unpaired) electrons. The number of halogens is 1. The number of para-hydroxylation sites is 2. The van der Waals surface area contributed by atoms with Gasteiger partial charge in [0.15, 0.2) is 17.3 Å². The number of ether oxygens (including phenoxy) is 2. The van der Waals surface area contributed by atoms with Crippen LogP contribution in [0.4, 0.5) is 4.39 Å². The second kappa shape index (κ2) is 6.86. The number of pyridine rings is 1. The largest absolute Gasteiger partial charge is 0.490 e. The molecular formula is C15H17FN2O2. The maximum atomic E-state index is 14.0. The summed E-state index contributed by atoms with van der Waals surface area (Å²) in [6.45, 7) is 2.67. The number of hydrogen-bond donors (Lipinski definition) is 1. The SMILES string of the molecule is CCCOc1ccccc1Oc1nccc(CN)c1F. The molecule has 1 aromatic carbocycles. The van der Waals surface area contributed by atoms with Crippen molar-refractivity contribution in [1.82, 2.24) is 4.98 Å². The van der Waals surface area contributed by atoms with Crippen molar-refractivity contribution in [3.8, 4) is 17.4 Å². The summed E-state index contributed by atoms with van der Waals surface area (Å²) < 4.78 is 25.1. The van der Waals surface area contributed by atoms with Crippen molar-refractivity contribution in [3.63, 3.8) is 0 Å². The highest BCUT2D eigenvalue weighted by atomic mass is 19.1. The standard InChI is InChI=1S/C15H17FN2O2/c1-2-9-19-12-5-3-4-6-13(12)20-15-14(16)11(10-17)7-8-18-15/h3-8H,2,9-10,17H2,1H3. The lowest BCUT2D eigenvalue weighted by Gasteiger charge is -2.12. The van der Waals surface area contributed by atoms with Crippen LogP contribution in [0.3, 0.4) is 0 Å². The first-order valence-corrected chi connectivity index (χ1v) is 6.49. The third-order valence-electron chi connectivity index (χ3n) is 2.67. The van der Waals surface area contributed by atoms with Crippen molar-refractivity contribution in [2.75, 3.05) is 6.61 Å². The second-order valence-electron chi connectivity index (χ2n) is 4.19. The number of benzene rings is 1. The molecule has 5 heteroatoms. The van der Waals surface area contributed by atoms with E-state index in [4.69, 9.17) is 15.2 Å². The summed E-state index contributed by atoms with van der Waals surface area (Å²) in [5.74, 6) is 0.357. The molecular weight excluding hydrogens is 259 g/mol. The van der Waals surface area contributed by atoms with Crippen molar-refractivity contribution < 1.29 is 13.9 Å². The number of rotatable bonds is 6. The van der Waals surface area contributed by atoms with E-state index < -0.39 is 5.82 Å². The molecule has 1 heterocycles. The maximum Gasteiger partial charge on any atom is 0.256 e. The van der Waals surface area contributed by atoms with Gasteiger partial charge in [0.2, 0.25) is 0 Å². The van der Waals surface area contributed by atoms with E-state index >= 15 is 0 Å². The van der Waals surface area contributed by atoms with Gasteiger partial charge in [0.25, 0.3) is 5.88 Å². The number of nitrogens with zero attached hydrogens (tertiary/aromatic N) is 1. The smallest absolute Gasteiger partial charge is 0.256 e. The molecule has 2 rings (SSSR count). The molecule has 0 bridgehead atoms. The predicted octanol–water partition coefficient (Wildman–Crippen LogP) is 3.26. The van der Waals surface area contributed by atoms with Crippen molar-refractivity contribution in [3.05, 3.63) is 47.9 Å². The van der Waals surface area contributed by atoms with Crippen LogP contribution < -0.4 is 15.2 Å². The molecule has 2 N–H and O–H groups in total. The first-order chi connectivity index (χ1) is 9.76. The van der Waals surface area contributed by atoms with Gasteiger partial charge in [0.1, 0.15) is 0 Å². The summed E-state index contributed by atoms with van der Waals surface area (Å²) in [6.07, 6.45) is 2.35. The Morgan fingerprint density at radius 3 is 2.65 bits per heavy atom. The Bertz CT molecular complexity index is 576. The molecule has 0 unspecified atom stereocenters. The van der Waals surface area contributed by atoms with Crippen molar-refractivity contribution >= 4 is 0 Å². The summed E-state index contributed by atoms with van der Waals surface area (Å²) in [6, 6.07) is 8.63. The summed E-state index contributed by atoms with van der Waals surface area (Å²) >= 11 is 0. The average Bonchev–Trinajstić information content (AvgIpc) is 2.48. The lowest BCUT2D eigenvalue weighted by atomic mass is 10.2. The quantitative estimate of drug-likeness (QED) is 0.879. The van der Waals surface area contributed by atoms with E-state index in [1.165, 1.54) is 12.3 Å². The normalized spacial score (nSPS) is 10.3. The highest BCUT2D eigenvalue weighted by molar-refractivity contribution is 5.42. The van der Waals surface area contributed by atoms with Crippen LogP contribution in [0, 0.1) is 5.82 Å². The lowest BCUT2D eigenvalue weighted by molar-refractivity contribution is 0.298. The second-order valence-corrected chi connectivity index (χ2v) is 4.19. The molecule has 0 aliphatic heterocycles. The van der Waals surface area contributed by atoms with Crippen LogP contribution in [-0.2, 0) is 6.54 Å². The molecule has 1 aromatic heterocycles. The number of hydrogen-bond acceptors (Lipinski definition) is 4. The van der Waals surface area contributed by atoms with Gasteiger partial charge in [-0.2, -0.15) is 0 Å². The van der Waals surface area contributed by atoms with Gasteiger partial charge in [0.05, 0.1) is 6.61 Å². The zero-order chi connectivity index (χ0) is 14.4. The third-order valence-corrected chi connectivity index (χ3v) is 2.67. The zero-order valence-electron chi connectivity index (χ0n) is 11.3. The molecule has 0 aliphatic carbocycles. The van der Waals surface area contributed by atoms with Crippen LogP contribution in [0.2, 0.25) is 0 Å². The minimum atomic E-state index is -0.541. The van der Waals surface area contributed by atoms with E-state index in [-0.39, 0.29) is 12.4 Å². The molecule has 0 saturated heterocycles. The highest BCUT2D eigenvalue weighted by Gasteiger charge is 2.13. The Labute approximate surface area is 117 Å². The monoisotopic (exact) mass is 276 g/mol. The van der Waals surface area contributed by atoms with E-state index in [9.17, 15) is 4.39 Å². The first-order valence-electron chi connectivity index (χ1n) is 6.49. The van der Waals surface area contributed by atoms with E-state index in [2.05, 4.69) is 4.98 Å². The summed E-state index contributed by atoms with van der Waals surface area (Å²) in [5.41, 5.74) is 5.82. The topological polar surface area (TPSA) is 57.4 Å². The van der Waals surface area contributed by atoms with Gasteiger partial charge < -0.3 is 15.2 Å². The van der Waals surface area contributed by atoms with Crippen LogP contribution in [0.15, 0.2) is 36.5 Å². The van der Waals surface area contributed by atoms with E-state index in [1.54, 1.807) is 18.2 Å². The fraction of sp³-hybridized carbons (Fsp3) is 0.267. The van der Waals surface area contributed by atoms with E-state index in [1.807, 2.05) is 13.0 Å². The maximum absolute atomic E-state index is 14.0. The van der Waals surface area contributed by atoms with Crippen LogP contribution in [-0.4, -0.2) is 11.6 Å². The van der Waals surface area contributed by atoms with E-state index in [0.29, 0.717) is 23.7 Å². The van der Waals surface area contributed by atoms with Gasteiger partial charge in [-0.25, -0.2) is 9.37 Å². The van der Waals surface area contributed by atoms with Crippen LogP contribution in [0.1, 0.15) is 18.9 Å². The van der Waals surface area contributed by atoms with Crippen LogP contribution in [0.25, 0.3) is 0 Å². The number of aromatic nitrogens is 1. The molecule has 0 amide bonds. The fourth-order valence-electron chi connectivity index (χ4n) is 1.66. The Balaban J connectivity index is 2.26. The molecule has 0 saturated carbocycles. The van der Waals surface area contributed by atoms with Gasteiger partial charge >= 0.3 is 0 Å². The fourth-order valence-corrected chi connectivity index (χ4v) is 1.66. The minimum Gasteiger partial charge on any atom is -0.490 e. The van der Waals surface area contributed by atoms with Gasteiger partial charge in [-0.1, -0.05) is 19.1 Å². The molecule has 0 atom stereocenters. The predicted molar refractivity (Wildman–Crippen MR) is 74.4 cm³/mol. The summed E-state index contributed by atoms with van der Waals surface area (Å²) in [5, 5.41) is 0. The van der Waals surface area contributed by atoms with Crippen molar-refractivity contribution in [1.29, 1.82) is 0 Å². The molecule has 0 spiro atoms. The third kappa shape index (κ3) is 3.24. The Hall–Kier alpha value is -2.14. The van der Waals surface area contributed by atoms with Gasteiger partial charge in [0, 0.05) is 18.3 Å². The summed E-state index contributed by atoms with van der Waals surface area (Å²) in [7, 11) is 0. The van der Waals surface area contributed by atoms with Gasteiger partial charge in [-0.05, 0) is 24.6 Å². The first kappa shape index (κ1) is 14.3. The molecule has 0 aliphatic rings. The van der Waals surface area contributed by atoms with E-state index in [0.717, 1.165) is 6.42 Å². The van der Waals surface area contributed by atoms with Crippen molar-refractivity contribution in [2.24, 2.45) is 5.73 Å². The van der Waals surface area contributed by atoms with Crippen molar-refractivity contribution in [2.45, 2.75) is 19.9 Å². The van der Waals surface area contributed by atoms with Crippen LogP contribution >= 0.6 is 0 Å². The Morgan fingerprint density at radius 2 is 1.95 bits per heavy atom. The zero-order valence-corrected chi connectivity index (χ0v) is 11.3. The molecule has 4 nitrogen and oxygen atoms in total. The van der Waals surface area contributed by atoms with Gasteiger partial charge in [-0.15, -0.1) is 0 Å². The minimum absolute atomic E-state index is 0.0959. The lowest BCUT2D eigenvalue weighted by Crippen LogP contribution is -2.03. The average molecular weight is 276 g/mol.